The van der Waals surface area contributed by atoms with Crippen LogP contribution in [-0.2, 0) is 9.59 Å². The Balaban J connectivity index is 3.41. The highest BCUT2D eigenvalue weighted by molar-refractivity contribution is 5.83. The van der Waals surface area contributed by atoms with Gasteiger partial charge in [0.2, 0.25) is 0 Å². The summed E-state index contributed by atoms with van der Waals surface area (Å²) in [6.07, 6.45) is 6.15. The first kappa shape index (κ1) is 15.3. The summed E-state index contributed by atoms with van der Waals surface area (Å²) >= 11 is 0. The molecule has 2 nitrogen and oxygen atoms in total. The highest BCUT2D eigenvalue weighted by atomic mass is 16.1. The summed E-state index contributed by atoms with van der Waals surface area (Å²) in [4.78, 5) is 22.6. The molecule has 0 rings (SSSR count). The molecule has 0 radical (unpaired) electrons. The van der Waals surface area contributed by atoms with Crippen molar-refractivity contribution in [1.29, 1.82) is 0 Å². The van der Waals surface area contributed by atoms with Crippen molar-refractivity contribution in [2.24, 2.45) is 5.41 Å². The number of unbranched alkanes of at least 4 members (excludes halogenated alkanes) is 3. The van der Waals surface area contributed by atoms with Crippen LogP contribution in [0.1, 0.15) is 72.6 Å². The van der Waals surface area contributed by atoms with Gasteiger partial charge in [0.25, 0.3) is 0 Å². The third-order valence-electron chi connectivity index (χ3n) is 2.84. The van der Waals surface area contributed by atoms with Gasteiger partial charge in [-0.15, -0.1) is 0 Å². The zero-order valence-electron chi connectivity index (χ0n) is 11.3. The summed E-state index contributed by atoms with van der Waals surface area (Å²) in [5.41, 5.74) is -0.196. The Kier molecular flexibility index (Phi) is 7.27. The largest absolute Gasteiger partial charge is 0.300 e. The molecule has 0 aromatic heterocycles. The van der Waals surface area contributed by atoms with Gasteiger partial charge in [0, 0.05) is 24.7 Å². The van der Waals surface area contributed by atoms with Crippen LogP contribution in [0.3, 0.4) is 0 Å². The van der Waals surface area contributed by atoms with E-state index in [1.807, 2.05) is 27.7 Å². The van der Waals surface area contributed by atoms with Crippen LogP contribution in [0.25, 0.3) is 0 Å². The summed E-state index contributed by atoms with van der Waals surface area (Å²) in [5.74, 6) is 0.697. The van der Waals surface area contributed by atoms with Crippen molar-refractivity contribution < 1.29 is 9.59 Å². The van der Waals surface area contributed by atoms with Gasteiger partial charge in [0.1, 0.15) is 11.6 Å². The lowest BCUT2D eigenvalue weighted by atomic mass is 9.88. The number of hydrogen-bond donors (Lipinski definition) is 0. The normalized spacial score (nSPS) is 11.5. The van der Waals surface area contributed by atoms with Crippen LogP contribution < -0.4 is 0 Å². The Bertz CT molecular complexity index is 223. The molecule has 0 aliphatic carbocycles. The summed E-state index contributed by atoms with van der Waals surface area (Å²) < 4.78 is 0. The van der Waals surface area contributed by atoms with E-state index in [1.165, 1.54) is 0 Å². The maximum absolute atomic E-state index is 11.6. The summed E-state index contributed by atoms with van der Waals surface area (Å²) in [5, 5.41) is 0. The second-order valence-electron chi connectivity index (χ2n) is 5.48. The average Bonchev–Trinajstić information content (AvgIpc) is 2.20. The first-order valence-corrected chi connectivity index (χ1v) is 6.43. The molecule has 0 aromatic carbocycles. The van der Waals surface area contributed by atoms with Crippen LogP contribution in [-0.4, -0.2) is 11.6 Å². The molecule has 0 amide bonds. The molecule has 0 spiro atoms. The smallest absolute Gasteiger partial charge is 0.138 e. The van der Waals surface area contributed by atoms with Crippen LogP contribution >= 0.6 is 0 Å². The highest BCUT2D eigenvalue weighted by Crippen LogP contribution is 2.19. The minimum atomic E-state index is -0.196. The molecule has 94 valence electrons. The minimum absolute atomic E-state index is 0.196. The number of Topliss-reactive ketones (excluding diaryl/α,β-unsaturated/α-hetero) is 2. The predicted molar refractivity (Wildman–Crippen MR) is 67.5 cm³/mol. The van der Waals surface area contributed by atoms with Crippen LogP contribution in [0.4, 0.5) is 0 Å². The van der Waals surface area contributed by atoms with Crippen molar-refractivity contribution in [2.75, 3.05) is 0 Å². The van der Waals surface area contributed by atoms with E-state index in [0.717, 1.165) is 25.7 Å². The van der Waals surface area contributed by atoms with E-state index in [2.05, 4.69) is 0 Å². The number of ketones is 2. The molecule has 0 aliphatic heterocycles. The van der Waals surface area contributed by atoms with E-state index in [4.69, 9.17) is 0 Å². The van der Waals surface area contributed by atoms with Crippen molar-refractivity contribution in [3.05, 3.63) is 0 Å². The van der Waals surface area contributed by atoms with Crippen LogP contribution in [0.2, 0.25) is 0 Å². The lowest BCUT2D eigenvalue weighted by Gasteiger charge is -2.16. The van der Waals surface area contributed by atoms with Gasteiger partial charge in [-0.2, -0.15) is 0 Å². The van der Waals surface area contributed by atoms with Gasteiger partial charge >= 0.3 is 0 Å². The molecule has 0 heterocycles. The highest BCUT2D eigenvalue weighted by Gasteiger charge is 2.19. The predicted octanol–water partition coefficient (Wildman–Crippen LogP) is 3.92. The van der Waals surface area contributed by atoms with Gasteiger partial charge in [-0.05, 0) is 12.8 Å². The molecule has 0 saturated carbocycles. The lowest BCUT2D eigenvalue weighted by molar-refractivity contribution is -0.126. The molecule has 0 bridgehead atoms. The monoisotopic (exact) mass is 226 g/mol. The summed E-state index contributed by atoms with van der Waals surface area (Å²) in [6, 6.07) is 0. The molecule has 0 saturated heterocycles. The second-order valence-corrected chi connectivity index (χ2v) is 5.48. The number of carbonyl (C=O) groups excluding carboxylic acids is 2. The lowest BCUT2D eigenvalue weighted by Crippen LogP contribution is -2.19. The van der Waals surface area contributed by atoms with Gasteiger partial charge in [-0.3, -0.25) is 9.59 Å². The topological polar surface area (TPSA) is 34.1 Å². The molecule has 2 heteroatoms. The third kappa shape index (κ3) is 7.61. The van der Waals surface area contributed by atoms with E-state index < -0.39 is 0 Å². The summed E-state index contributed by atoms with van der Waals surface area (Å²) in [7, 11) is 0. The Hall–Kier alpha value is -0.660. The molecule has 16 heavy (non-hydrogen) atoms. The fourth-order valence-corrected chi connectivity index (χ4v) is 1.51. The minimum Gasteiger partial charge on any atom is -0.300 e. The SMILES string of the molecule is CCC(=O)CCCCCCC(=O)C(C)(C)C. The quantitative estimate of drug-likeness (QED) is 0.588. The van der Waals surface area contributed by atoms with E-state index in [9.17, 15) is 9.59 Å². The summed E-state index contributed by atoms with van der Waals surface area (Å²) in [6.45, 7) is 7.81. The Morgan fingerprint density at radius 1 is 0.875 bits per heavy atom. The fraction of sp³-hybridized carbons (Fsp3) is 0.857. The first-order valence-electron chi connectivity index (χ1n) is 6.43. The average molecular weight is 226 g/mol. The van der Waals surface area contributed by atoms with Gasteiger partial charge < -0.3 is 0 Å². The fourth-order valence-electron chi connectivity index (χ4n) is 1.51. The van der Waals surface area contributed by atoms with Crippen LogP contribution in [0, 0.1) is 5.41 Å². The van der Waals surface area contributed by atoms with Gasteiger partial charge in [0.05, 0.1) is 0 Å². The van der Waals surface area contributed by atoms with Crippen molar-refractivity contribution in [1.82, 2.24) is 0 Å². The maximum atomic E-state index is 11.6. The van der Waals surface area contributed by atoms with Gasteiger partial charge in [0.15, 0.2) is 0 Å². The van der Waals surface area contributed by atoms with E-state index in [0.29, 0.717) is 30.8 Å². The number of rotatable bonds is 8. The molecular formula is C14H26O2. The van der Waals surface area contributed by atoms with Crippen LogP contribution in [0.5, 0.6) is 0 Å². The molecule has 0 fully saturated rings. The molecule has 0 atom stereocenters. The standard InChI is InChI=1S/C14H26O2/c1-5-12(15)10-8-6-7-9-11-13(16)14(2,3)4/h5-11H2,1-4H3. The molecule has 0 aromatic rings. The number of hydrogen-bond acceptors (Lipinski definition) is 2. The maximum Gasteiger partial charge on any atom is 0.138 e. The van der Waals surface area contributed by atoms with Crippen molar-refractivity contribution >= 4 is 11.6 Å². The van der Waals surface area contributed by atoms with E-state index in [1.54, 1.807) is 0 Å². The Morgan fingerprint density at radius 2 is 1.38 bits per heavy atom. The van der Waals surface area contributed by atoms with Gasteiger partial charge in [-0.25, -0.2) is 0 Å². The molecular weight excluding hydrogens is 200 g/mol. The zero-order chi connectivity index (χ0) is 12.6. The first-order chi connectivity index (χ1) is 7.38. The van der Waals surface area contributed by atoms with E-state index >= 15 is 0 Å². The molecule has 0 aliphatic rings. The number of carbonyl (C=O) groups is 2. The molecule has 0 unspecified atom stereocenters. The van der Waals surface area contributed by atoms with Gasteiger partial charge in [-0.1, -0.05) is 40.5 Å². The second kappa shape index (κ2) is 7.59. The third-order valence-corrected chi connectivity index (χ3v) is 2.84. The molecule has 0 N–H and O–H groups in total. The van der Waals surface area contributed by atoms with Crippen molar-refractivity contribution in [3.8, 4) is 0 Å². The van der Waals surface area contributed by atoms with Crippen molar-refractivity contribution in [2.45, 2.75) is 72.6 Å². The zero-order valence-corrected chi connectivity index (χ0v) is 11.3. The Labute approximate surface area is 99.8 Å². The van der Waals surface area contributed by atoms with E-state index in [-0.39, 0.29) is 5.41 Å². The van der Waals surface area contributed by atoms with Crippen molar-refractivity contribution in [3.63, 3.8) is 0 Å². The van der Waals surface area contributed by atoms with Crippen LogP contribution in [0.15, 0.2) is 0 Å². The Morgan fingerprint density at radius 3 is 1.81 bits per heavy atom.